The Labute approximate surface area is 132 Å². The van der Waals surface area contributed by atoms with E-state index in [4.69, 9.17) is 10.2 Å². The van der Waals surface area contributed by atoms with Gasteiger partial charge >= 0.3 is 5.97 Å². The summed E-state index contributed by atoms with van der Waals surface area (Å²) in [5.41, 5.74) is 1.07. The maximum absolute atomic E-state index is 12.6. The first-order valence-corrected chi connectivity index (χ1v) is 7.15. The van der Waals surface area contributed by atoms with Crippen LogP contribution in [-0.4, -0.2) is 22.2 Å². The largest absolute Gasteiger partial charge is 0.479 e. The summed E-state index contributed by atoms with van der Waals surface area (Å²) in [6.07, 6.45) is 0.842. The van der Waals surface area contributed by atoms with Gasteiger partial charge in [-0.3, -0.25) is 0 Å². The molecule has 0 unspecified atom stereocenters. The highest BCUT2D eigenvalue weighted by atomic mass is 19.2. The molecule has 0 spiro atoms. The highest BCUT2D eigenvalue weighted by molar-refractivity contribution is 5.73. The second-order valence-electron chi connectivity index (χ2n) is 5.20. The predicted octanol–water partition coefficient (Wildman–Crippen LogP) is 3.34. The van der Waals surface area contributed by atoms with Crippen LogP contribution in [-0.2, 0) is 4.79 Å². The van der Waals surface area contributed by atoms with Gasteiger partial charge in [0.15, 0.2) is 17.7 Å². The van der Waals surface area contributed by atoms with Crippen LogP contribution in [0.25, 0.3) is 0 Å². The minimum atomic E-state index is -1.41. The van der Waals surface area contributed by atoms with E-state index in [1.54, 1.807) is 36.4 Å². The molecule has 0 saturated heterocycles. The molecule has 3 N–H and O–H groups in total. The van der Waals surface area contributed by atoms with Gasteiger partial charge < -0.3 is 15.5 Å². The van der Waals surface area contributed by atoms with Crippen molar-refractivity contribution in [3.8, 4) is 0 Å². The molecule has 3 rings (SSSR count). The van der Waals surface area contributed by atoms with E-state index >= 15 is 0 Å². The molecule has 1 atom stereocenters. The molecule has 6 heteroatoms. The van der Waals surface area contributed by atoms with Gasteiger partial charge in [0, 0.05) is 17.8 Å². The van der Waals surface area contributed by atoms with E-state index in [1.807, 2.05) is 0 Å². The van der Waals surface area contributed by atoms with Crippen molar-refractivity contribution in [1.29, 1.82) is 0 Å². The fourth-order valence-corrected chi connectivity index (χ4v) is 1.83. The van der Waals surface area contributed by atoms with Crippen LogP contribution in [0.5, 0.6) is 0 Å². The molecule has 1 aliphatic carbocycles. The van der Waals surface area contributed by atoms with E-state index < -0.39 is 23.7 Å². The van der Waals surface area contributed by atoms with Crippen LogP contribution in [0.2, 0.25) is 0 Å². The number of aliphatic hydroxyl groups is 1. The van der Waals surface area contributed by atoms with Crippen LogP contribution in [0.1, 0.15) is 24.5 Å². The average molecular weight is 321 g/mol. The lowest BCUT2D eigenvalue weighted by atomic mass is 10.1. The van der Waals surface area contributed by atoms with E-state index in [0.717, 1.165) is 18.9 Å². The van der Waals surface area contributed by atoms with Crippen molar-refractivity contribution in [2.75, 3.05) is 5.32 Å². The van der Waals surface area contributed by atoms with Crippen molar-refractivity contribution in [3.05, 3.63) is 65.7 Å². The van der Waals surface area contributed by atoms with E-state index in [-0.39, 0.29) is 0 Å². The number of rotatable bonds is 4. The fraction of sp³-hybridized carbons (Fsp3) is 0.235. The number of nitrogens with one attached hydrogen (secondary N) is 1. The SMILES string of the molecule is Fc1ccc(NC2CC2)cc1F.O=C(O)[C@H](O)c1ccccc1. The molecule has 23 heavy (non-hydrogen) atoms. The highest BCUT2D eigenvalue weighted by Gasteiger charge is 2.20. The predicted molar refractivity (Wildman–Crippen MR) is 82.0 cm³/mol. The monoisotopic (exact) mass is 321 g/mol. The number of carboxylic acid groups (broad SMARTS) is 1. The lowest BCUT2D eigenvalue weighted by Crippen LogP contribution is -2.09. The van der Waals surface area contributed by atoms with Gasteiger partial charge in [0.05, 0.1) is 0 Å². The number of carbonyl (C=O) groups is 1. The van der Waals surface area contributed by atoms with Gasteiger partial charge in [-0.15, -0.1) is 0 Å². The minimum Gasteiger partial charge on any atom is -0.479 e. The summed E-state index contributed by atoms with van der Waals surface area (Å²) in [4.78, 5) is 10.2. The van der Waals surface area contributed by atoms with E-state index in [0.29, 0.717) is 17.3 Å². The third kappa shape index (κ3) is 5.34. The second kappa shape index (κ2) is 7.69. The summed E-state index contributed by atoms with van der Waals surface area (Å²) in [7, 11) is 0. The van der Waals surface area contributed by atoms with Crippen molar-refractivity contribution in [2.24, 2.45) is 0 Å². The molecule has 2 aromatic carbocycles. The number of hydrogen-bond acceptors (Lipinski definition) is 3. The molecular formula is C17H17F2NO3. The smallest absolute Gasteiger partial charge is 0.337 e. The van der Waals surface area contributed by atoms with Crippen LogP contribution in [0.4, 0.5) is 14.5 Å². The molecule has 1 fully saturated rings. The maximum atomic E-state index is 12.6. The summed E-state index contributed by atoms with van der Waals surface area (Å²) < 4.78 is 25.1. The number of aliphatic carboxylic acids is 1. The molecule has 122 valence electrons. The Kier molecular flexibility index (Phi) is 5.65. The number of benzene rings is 2. The molecule has 1 aliphatic rings. The van der Waals surface area contributed by atoms with Gasteiger partial charge in [0.25, 0.3) is 0 Å². The van der Waals surface area contributed by atoms with Gasteiger partial charge in [0.1, 0.15) is 0 Å². The van der Waals surface area contributed by atoms with E-state index in [9.17, 15) is 13.6 Å². The summed E-state index contributed by atoms with van der Waals surface area (Å²) in [6.45, 7) is 0. The normalized spacial score (nSPS) is 14.4. The Balaban J connectivity index is 0.000000168. The molecule has 0 bridgehead atoms. The molecular weight excluding hydrogens is 304 g/mol. The highest BCUT2D eigenvalue weighted by Crippen LogP contribution is 2.25. The van der Waals surface area contributed by atoms with E-state index in [2.05, 4.69) is 5.32 Å². The molecule has 4 nitrogen and oxygen atoms in total. The molecule has 0 aliphatic heterocycles. The summed E-state index contributed by atoms with van der Waals surface area (Å²) >= 11 is 0. The zero-order valence-electron chi connectivity index (χ0n) is 12.2. The zero-order valence-corrected chi connectivity index (χ0v) is 12.2. The quantitative estimate of drug-likeness (QED) is 0.808. The number of carboxylic acids is 1. The van der Waals surface area contributed by atoms with Gasteiger partial charge in [0.2, 0.25) is 0 Å². The topological polar surface area (TPSA) is 69.6 Å². The second-order valence-corrected chi connectivity index (χ2v) is 5.20. The van der Waals surface area contributed by atoms with Crippen molar-refractivity contribution in [3.63, 3.8) is 0 Å². The minimum absolute atomic E-state index is 0.403. The number of hydrogen-bond donors (Lipinski definition) is 3. The number of aliphatic hydroxyl groups excluding tert-OH is 1. The summed E-state index contributed by atoms with van der Waals surface area (Å²) in [5.74, 6) is -2.81. The first kappa shape index (κ1) is 16.9. The number of halogens is 2. The molecule has 0 aromatic heterocycles. The first-order chi connectivity index (χ1) is 11.0. The van der Waals surface area contributed by atoms with E-state index in [1.165, 1.54) is 6.07 Å². The van der Waals surface area contributed by atoms with Crippen LogP contribution >= 0.6 is 0 Å². The van der Waals surface area contributed by atoms with Crippen LogP contribution < -0.4 is 5.32 Å². The van der Waals surface area contributed by atoms with Crippen molar-refractivity contribution < 1.29 is 23.8 Å². The van der Waals surface area contributed by atoms with Gasteiger partial charge in [-0.1, -0.05) is 30.3 Å². The van der Waals surface area contributed by atoms with Gasteiger partial charge in [-0.05, 0) is 30.5 Å². The average Bonchev–Trinajstić information content (AvgIpc) is 3.36. The van der Waals surface area contributed by atoms with Gasteiger partial charge in [-0.2, -0.15) is 0 Å². The fourth-order valence-electron chi connectivity index (χ4n) is 1.83. The third-order valence-corrected chi connectivity index (χ3v) is 3.22. The van der Waals surface area contributed by atoms with Crippen LogP contribution in [0, 0.1) is 11.6 Å². The molecule has 0 heterocycles. The summed E-state index contributed by atoms with van der Waals surface area (Å²) in [5, 5.41) is 20.5. The molecule has 1 saturated carbocycles. The summed E-state index contributed by atoms with van der Waals surface area (Å²) in [6, 6.07) is 12.6. The molecule has 0 amide bonds. The Morgan fingerprint density at radius 2 is 1.74 bits per heavy atom. The van der Waals surface area contributed by atoms with Crippen LogP contribution in [0.15, 0.2) is 48.5 Å². The van der Waals surface area contributed by atoms with Gasteiger partial charge in [-0.25, -0.2) is 13.6 Å². The standard InChI is InChI=1S/C9H9F2N.C8H8O3/c10-8-4-3-7(5-9(8)11)12-6-1-2-6;9-7(8(10)11)6-4-2-1-3-5-6/h3-6,12H,1-2H2;1-5,7,9H,(H,10,11)/t;7-/m.1/s1. The third-order valence-electron chi connectivity index (χ3n) is 3.22. The van der Waals surface area contributed by atoms with Crippen molar-refractivity contribution in [1.82, 2.24) is 0 Å². The first-order valence-electron chi connectivity index (χ1n) is 7.15. The van der Waals surface area contributed by atoms with Crippen LogP contribution in [0.3, 0.4) is 0 Å². The number of anilines is 1. The maximum Gasteiger partial charge on any atom is 0.337 e. The Hall–Kier alpha value is -2.47. The Morgan fingerprint density at radius 3 is 2.26 bits per heavy atom. The molecule has 0 radical (unpaired) electrons. The van der Waals surface area contributed by atoms with Crippen molar-refractivity contribution >= 4 is 11.7 Å². The van der Waals surface area contributed by atoms with Crippen molar-refractivity contribution in [2.45, 2.75) is 25.0 Å². The lowest BCUT2D eigenvalue weighted by molar-refractivity contribution is -0.146. The lowest BCUT2D eigenvalue weighted by Gasteiger charge is -2.03. The Morgan fingerprint density at radius 1 is 1.09 bits per heavy atom. The Bertz CT molecular complexity index is 660. The molecule has 2 aromatic rings. The zero-order chi connectivity index (χ0) is 16.8.